The third-order valence-corrected chi connectivity index (χ3v) is 3.01. The predicted octanol–water partition coefficient (Wildman–Crippen LogP) is 2.71. The minimum absolute atomic E-state index is 0.177. The fourth-order valence-corrected chi connectivity index (χ4v) is 2.06. The van der Waals surface area contributed by atoms with E-state index in [2.05, 4.69) is 21.2 Å². The zero-order valence-corrected chi connectivity index (χ0v) is 10.2. The van der Waals surface area contributed by atoms with Gasteiger partial charge < -0.3 is 5.32 Å². The van der Waals surface area contributed by atoms with Gasteiger partial charge in [0.2, 0.25) is 0 Å². The molecule has 18 heavy (non-hydrogen) atoms. The molecule has 1 atom stereocenters. The van der Waals surface area contributed by atoms with Crippen LogP contribution in [-0.2, 0) is 0 Å². The fourth-order valence-electron chi connectivity index (χ4n) is 2.06. The van der Waals surface area contributed by atoms with Crippen LogP contribution in [0.25, 0.3) is 10.5 Å². The van der Waals surface area contributed by atoms with Crippen molar-refractivity contribution in [1.82, 2.24) is 10.3 Å². The van der Waals surface area contributed by atoms with E-state index in [0.717, 1.165) is 17.0 Å². The van der Waals surface area contributed by atoms with Crippen molar-refractivity contribution in [2.24, 2.45) is 5.92 Å². The van der Waals surface area contributed by atoms with Gasteiger partial charge in [0.1, 0.15) is 0 Å². The number of allylic oxidation sites excluding steroid dienone is 2. The van der Waals surface area contributed by atoms with E-state index < -0.39 is 0 Å². The third-order valence-electron chi connectivity index (χ3n) is 3.01. The van der Waals surface area contributed by atoms with Gasteiger partial charge in [-0.25, -0.2) is 4.85 Å². The number of nitriles is 1. The zero-order chi connectivity index (χ0) is 13.1. The minimum Gasteiger partial charge on any atom is -0.367 e. The van der Waals surface area contributed by atoms with Gasteiger partial charge >= 0.3 is 0 Å². The lowest BCUT2D eigenvalue weighted by atomic mass is 9.91. The maximum atomic E-state index is 9.12. The molecular formula is C14H12N4. The Hall–Kier alpha value is -2.59. The molecule has 1 aliphatic rings. The topological polar surface area (TPSA) is 53.1 Å². The van der Waals surface area contributed by atoms with Crippen molar-refractivity contribution in [2.45, 2.75) is 13.8 Å². The first kappa shape index (κ1) is 11.9. The first-order chi connectivity index (χ1) is 8.69. The van der Waals surface area contributed by atoms with Crippen molar-refractivity contribution in [1.29, 1.82) is 5.26 Å². The highest BCUT2D eigenvalue weighted by Gasteiger charge is 2.26. The molecule has 0 unspecified atom stereocenters. The molecule has 1 aliphatic heterocycles. The van der Waals surface area contributed by atoms with E-state index in [4.69, 9.17) is 11.8 Å². The maximum absolute atomic E-state index is 9.12. The first-order valence-corrected chi connectivity index (χ1v) is 5.59. The van der Waals surface area contributed by atoms with Crippen molar-refractivity contribution in [3.63, 3.8) is 0 Å². The van der Waals surface area contributed by atoms with Crippen LogP contribution in [0.2, 0.25) is 0 Å². The Bertz CT molecular complexity index is 611. The molecule has 0 amide bonds. The van der Waals surface area contributed by atoms with Gasteiger partial charge in [-0.3, -0.25) is 4.98 Å². The van der Waals surface area contributed by atoms with Gasteiger partial charge in [-0.15, -0.1) is 0 Å². The Morgan fingerprint density at radius 3 is 2.89 bits per heavy atom. The van der Waals surface area contributed by atoms with E-state index in [0.29, 0.717) is 11.3 Å². The molecule has 4 heteroatoms. The van der Waals surface area contributed by atoms with Gasteiger partial charge in [-0.1, -0.05) is 13.0 Å². The van der Waals surface area contributed by atoms with Crippen LogP contribution in [0.1, 0.15) is 19.4 Å². The summed E-state index contributed by atoms with van der Waals surface area (Å²) >= 11 is 0. The number of nitrogens with one attached hydrogen (secondary N) is 1. The Balaban J connectivity index is 2.55. The summed E-state index contributed by atoms with van der Waals surface area (Å²) in [5, 5.41) is 12.3. The second kappa shape index (κ2) is 4.73. The summed E-state index contributed by atoms with van der Waals surface area (Å²) in [5.74, 6) is -0.177. The Morgan fingerprint density at radius 2 is 2.33 bits per heavy atom. The monoisotopic (exact) mass is 236 g/mol. The lowest BCUT2D eigenvalue weighted by molar-refractivity contribution is 0.786. The number of pyridine rings is 1. The van der Waals surface area contributed by atoms with E-state index >= 15 is 0 Å². The molecule has 1 aromatic heterocycles. The van der Waals surface area contributed by atoms with Crippen molar-refractivity contribution < 1.29 is 0 Å². The quantitative estimate of drug-likeness (QED) is 0.763. The minimum atomic E-state index is -0.177. The van der Waals surface area contributed by atoms with Crippen LogP contribution in [0, 0.1) is 23.8 Å². The molecule has 0 spiro atoms. The molecule has 0 aliphatic carbocycles. The zero-order valence-electron chi connectivity index (χ0n) is 10.2. The van der Waals surface area contributed by atoms with E-state index in [1.165, 1.54) is 0 Å². The molecule has 0 saturated carbocycles. The van der Waals surface area contributed by atoms with Crippen LogP contribution in [-0.4, -0.2) is 4.98 Å². The highest BCUT2D eigenvalue weighted by molar-refractivity contribution is 5.73. The van der Waals surface area contributed by atoms with E-state index in [9.17, 15) is 0 Å². The summed E-state index contributed by atoms with van der Waals surface area (Å²) in [4.78, 5) is 7.63. The molecule has 4 nitrogen and oxygen atoms in total. The smallest absolute Gasteiger partial charge is 0.196 e. The van der Waals surface area contributed by atoms with Crippen molar-refractivity contribution in [2.75, 3.05) is 0 Å². The maximum Gasteiger partial charge on any atom is 0.196 e. The molecule has 0 radical (unpaired) electrons. The molecule has 0 fully saturated rings. The van der Waals surface area contributed by atoms with Crippen LogP contribution in [0.5, 0.6) is 0 Å². The van der Waals surface area contributed by atoms with Gasteiger partial charge in [-0.05, 0) is 13.0 Å². The average Bonchev–Trinajstić information content (AvgIpc) is 2.39. The number of dihydropyridines is 1. The van der Waals surface area contributed by atoms with Crippen molar-refractivity contribution in [3.05, 3.63) is 58.5 Å². The van der Waals surface area contributed by atoms with E-state index in [-0.39, 0.29) is 5.92 Å². The second-order valence-corrected chi connectivity index (χ2v) is 4.11. The summed E-state index contributed by atoms with van der Waals surface area (Å²) in [6.45, 7) is 11.0. The van der Waals surface area contributed by atoms with Gasteiger partial charge in [0.15, 0.2) is 5.70 Å². The van der Waals surface area contributed by atoms with Gasteiger partial charge in [0.05, 0.1) is 12.6 Å². The van der Waals surface area contributed by atoms with Gasteiger partial charge in [0, 0.05) is 40.8 Å². The summed E-state index contributed by atoms with van der Waals surface area (Å²) in [5.41, 5.74) is 3.60. The lowest BCUT2D eigenvalue weighted by Gasteiger charge is -2.24. The fraction of sp³-hybridized carbons (Fsp3) is 0.214. The molecule has 0 aromatic carbocycles. The molecule has 0 saturated heterocycles. The van der Waals surface area contributed by atoms with Crippen molar-refractivity contribution in [3.8, 4) is 6.07 Å². The number of hydrogen-bond donors (Lipinski definition) is 1. The number of nitrogens with zero attached hydrogens (tertiary/aromatic N) is 3. The lowest BCUT2D eigenvalue weighted by Crippen LogP contribution is -2.23. The Morgan fingerprint density at radius 1 is 1.56 bits per heavy atom. The SMILES string of the molecule is [C-]#[N+]C1=C(c2cccnc2)NC(C)=C(C#N)[C@H]1C. The molecular weight excluding hydrogens is 224 g/mol. The summed E-state index contributed by atoms with van der Waals surface area (Å²) < 4.78 is 0. The first-order valence-electron chi connectivity index (χ1n) is 5.59. The molecule has 2 heterocycles. The summed E-state index contributed by atoms with van der Waals surface area (Å²) in [7, 11) is 0. The van der Waals surface area contributed by atoms with Crippen molar-refractivity contribution >= 4 is 5.70 Å². The van der Waals surface area contributed by atoms with E-state index in [1.54, 1.807) is 12.4 Å². The number of aromatic nitrogens is 1. The molecule has 1 aromatic rings. The van der Waals surface area contributed by atoms with Gasteiger partial charge in [0.25, 0.3) is 0 Å². The van der Waals surface area contributed by atoms with Crippen LogP contribution in [0.15, 0.2) is 41.5 Å². The Kier molecular flexibility index (Phi) is 3.12. The normalized spacial score (nSPS) is 19.0. The van der Waals surface area contributed by atoms with Crippen LogP contribution >= 0.6 is 0 Å². The Labute approximate surface area is 106 Å². The second-order valence-electron chi connectivity index (χ2n) is 4.11. The van der Waals surface area contributed by atoms with Crippen LogP contribution in [0.4, 0.5) is 0 Å². The summed E-state index contributed by atoms with van der Waals surface area (Å²) in [6.07, 6.45) is 3.40. The largest absolute Gasteiger partial charge is 0.367 e. The highest BCUT2D eigenvalue weighted by Crippen LogP contribution is 2.33. The van der Waals surface area contributed by atoms with Crippen LogP contribution < -0.4 is 5.32 Å². The molecule has 88 valence electrons. The molecule has 2 rings (SSSR count). The standard InChI is InChI=1S/C14H12N4/c1-9-12(7-15)10(2)18-14(13(9)16-3)11-5-4-6-17-8-11/h4-6,8-9,18H,1-2H3/t9-/m1/s1. The predicted molar refractivity (Wildman–Crippen MR) is 68.4 cm³/mol. The number of hydrogen-bond acceptors (Lipinski definition) is 3. The number of rotatable bonds is 1. The molecule has 1 N–H and O–H groups in total. The van der Waals surface area contributed by atoms with Gasteiger partial charge in [-0.2, -0.15) is 5.26 Å². The summed E-state index contributed by atoms with van der Waals surface area (Å²) in [6, 6.07) is 5.89. The molecule has 0 bridgehead atoms. The average molecular weight is 236 g/mol. The van der Waals surface area contributed by atoms with E-state index in [1.807, 2.05) is 26.0 Å². The highest BCUT2D eigenvalue weighted by atomic mass is 14.9. The third kappa shape index (κ3) is 1.85. The van der Waals surface area contributed by atoms with Crippen LogP contribution in [0.3, 0.4) is 0 Å².